The van der Waals surface area contributed by atoms with E-state index in [2.05, 4.69) is 24.0 Å². The van der Waals surface area contributed by atoms with E-state index in [0.717, 1.165) is 17.0 Å². The molecule has 0 aliphatic carbocycles. The first-order chi connectivity index (χ1) is 15.3. The molecular weight excluding hydrogens is 426 g/mol. The molecule has 0 radical (unpaired) electrons. The Morgan fingerprint density at radius 1 is 1.12 bits per heavy atom. The number of nitrogens with zero attached hydrogens (tertiary/aromatic N) is 3. The van der Waals surface area contributed by atoms with E-state index in [1.807, 2.05) is 13.0 Å². The van der Waals surface area contributed by atoms with Crippen LogP contribution in [0.4, 0.5) is 5.13 Å². The van der Waals surface area contributed by atoms with E-state index in [0.29, 0.717) is 27.6 Å². The molecule has 1 atom stereocenters. The summed E-state index contributed by atoms with van der Waals surface area (Å²) in [5.41, 5.74) is 2.01. The van der Waals surface area contributed by atoms with Crippen molar-refractivity contribution in [2.75, 3.05) is 4.90 Å². The predicted molar refractivity (Wildman–Crippen MR) is 122 cm³/mol. The van der Waals surface area contributed by atoms with Gasteiger partial charge in [-0.2, -0.15) is 0 Å². The zero-order chi connectivity index (χ0) is 22.6. The highest BCUT2D eigenvalue weighted by Crippen LogP contribution is 2.42. The highest BCUT2D eigenvalue weighted by atomic mass is 32.1. The molecule has 2 aromatic heterocycles. The van der Waals surface area contributed by atoms with Crippen molar-refractivity contribution in [2.24, 2.45) is 5.92 Å². The fourth-order valence-corrected chi connectivity index (χ4v) is 5.11. The van der Waals surface area contributed by atoms with Gasteiger partial charge < -0.3 is 9.52 Å². The summed E-state index contributed by atoms with van der Waals surface area (Å²) in [6.07, 6.45) is 0.747. The van der Waals surface area contributed by atoms with Crippen LogP contribution in [0.3, 0.4) is 0 Å². The number of carbonyl (C=O) groups excluding carboxylic acids is 1. The molecule has 0 saturated carbocycles. The second-order valence-electron chi connectivity index (χ2n) is 8.42. The maximum Gasteiger partial charge on any atom is 0.297 e. The van der Waals surface area contributed by atoms with Crippen LogP contribution in [-0.2, 0) is 6.42 Å². The van der Waals surface area contributed by atoms with E-state index in [-0.39, 0.29) is 22.5 Å². The van der Waals surface area contributed by atoms with Crippen molar-refractivity contribution in [3.63, 3.8) is 0 Å². The van der Waals surface area contributed by atoms with Crippen molar-refractivity contribution in [2.45, 2.75) is 33.2 Å². The van der Waals surface area contributed by atoms with Gasteiger partial charge in [-0.25, -0.2) is 0 Å². The third-order valence-electron chi connectivity index (χ3n) is 5.48. The number of rotatable bonds is 4. The van der Waals surface area contributed by atoms with Crippen LogP contribution in [0.5, 0.6) is 5.75 Å². The average Bonchev–Trinajstić information content (AvgIpc) is 3.31. The molecule has 1 aliphatic rings. The number of phenols is 1. The molecule has 0 unspecified atom stereocenters. The first-order valence-electron chi connectivity index (χ1n) is 10.4. The average molecular weight is 448 g/mol. The van der Waals surface area contributed by atoms with Crippen LogP contribution < -0.4 is 10.3 Å². The Balaban J connectivity index is 1.74. The van der Waals surface area contributed by atoms with Crippen LogP contribution in [0, 0.1) is 12.8 Å². The number of hydrogen-bond acceptors (Lipinski definition) is 7. The van der Waals surface area contributed by atoms with Crippen molar-refractivity contribution >= 4 is 33.3 Å². The standard InChI is InChI=1S/C24H21N3O4S/c1-12(2)10-18-25-26-24(32-18)27-20(14-5-7-15(28)8-6-14)19-21(29)16-11-13(3)4-9-17(16)31-22(19)23(27)30/h4-9,11-12,20,28H,10H2,1-3H3/t20-/m0/s1. The second kappa shape index (κ2) is 7.56. The molecule has 0 spiro atoms. The van der Waals surface area contributed by atoms with Crippen molar-refractivity contribution in [3.05, 3.63) is 80.1 Å². The van der Waals surface area contributed by atoms with Crippen LogP contribution in [0.25, 0.3) is 11.0 Å². The Kier molecular flexibility index (Phi) is 4.82. The molecule has 3 heterocycles. The smallest absolute Gasteiger partial charge is 0.297 e. The molecule has 1 N–H and O–H groups in total. The summed E-state index contributed by atoms with van der Waals surface area (Å²) >= 11 is 1.34. The molecule has 162 valence electrons. The van der Waals surface area contributed by atoms with Crippen LogP contribution >= 0.6 is 11.3 Å². The Morgan fingerprint density at radius 2 is 1.88 bits per heavy atom. The molecule has 1 aliphatic heterocycles. The van der Waals surface area contributed by atoms with Gasteiger partial charge in [0.05, 0.1) is 17.0 Å². The van der Waals surface area contributed by atoms with Gasteiger partial charge in [0.2, 0.25) is 10.9 Å². The Hall–Kier alpha value is -3.52. The summed E-state index contributed by atoms with van der Waals surface area (Å²) in [5, 5.41) is 20.0. The van der Waals surface area contributed by atoms with E-state index in [1.54, 1.807) is 24.3 Å². The molecule has 0 bridgehead atoms. The Morgan fingerprint density at radius 3 is 2.59 bits per heavy atom. The lowest BCUT2D eigenvalue weighted by Crippen LogP contribution is -2.29. The van der Waals surface area contributed by atoms with E-state index in [4.69, 9.17) is 4.42 Å². The van der Waals surface area contributed by atoms with Crippen LogP contribution in [0.1, 0.15) is 52.1 Å². The molecule has 8 heteroatoms. The second-order valence-corrected chi connectivity index (χ2v) is 9.46. The van der Waals surface area contributed by atoms with Gasteiger partial charge in [-0.1, -0.05) is 48.9 Å². The van der Waals surface area contributed by atoms with E-state index in [1.165, 1.54) is 28.4 Å². The van der Waals surface area contributed by atoms with Gasteiger partial charge in [0.1, 0.15) is 16.3 Å². The normalized spacial score (nSPS) is 15.7. The van der Waals surface area contributed by atoms with Crippen molar-refractivity contribution in [1.29, 1.82) is 0 Å². The van der Waals surface area contributed by atoms with Crippen molar-refractivity contribution in [1.82, 2.24) is 10.2 Å². The highest BCUT2D eigenvalue weighted by molar-refractivity contribution is 7.15. The predicted octanol–water partition coefficient (Wildman–Crippen LogP) is 4.61. The number of carbonyl (C=O) groups is 1. The van der Waals surface area contributed by atoms with Crippen molar-refractivity contribution in [3.8, 4) is 5.75 Å². The zero-order valence-corrected chi connectivity index (χ0v) is 18.6. The lowest BCUT2D eigenvalue weighted by atomic mass is 9.98. The Bertz CT molecular complexity index is 1410. The molecule has 1 amide bonds. The van der Waals surface area contributed by atoms with E-state index < -0.39 is 11.9 Å². The number of hydrogen-bond donors (Lipinski definition) is 1. The summed E-state index contributed by atoms with van der Waals surface area (Å²) in [6, 6.07) is 11.1. The summed E-state index contributed by atoms with van der Waals surface area (Å²) in [5.74, 6) is 0.0862. The minimum atomic E-state index is -0.723. The molecule has 0 fully saturated rings. The van der Waals surface area contributed by atoms with Gasteiger partial charge in [0.25, 0.3) is 5.91 Å². The largest absolute Gasteiger partial charge is 0.508 e. The van der Waals surface area contributed by atoms with Crippen LogP contribution in [-0.4, -0.2) is 21.2 Å². The van der Waals surface area contributed by atoms with Crippen LogP contribution in [0.2, 0.25) is 0 Å². The summed E-state index contributed by atoms with van der Waals surface area (Å²) in [6.45, 7) is 6.08. The van der Waals surface area contributed by atoms with Crippen molar-refractivity contribution < 1.29 is 14.3 Å². The quantitative estimate of drug-likeness (QED) is 0.491. The van der Waals surface area contributed by atoms with Gasteiger partial charge in [0, 0.05) is 6.42 Å². The van der Waals surface area contributed by atoms with Gasteiger partial charge >= 0.3 is 0 Å². The number of anilines is 1. The van der Waals surface area contributed by atoms with Gasteiger partial charge in [-0.05, 0) is 42.7 Å². The number of amides is 1. The molecule has 2 aromatic carbocycles. The fraction of sp³-hybridized carbons (Fsp3) is 0.250. The summed E-state index contributed by atoms with van der Waals surface area (Å²) < 4.78 is 5.97. The number of phenolic OH excluding ortho intramolecular Hbond substituents is 1. The van der Waals surface area contributed by atoms with E-state index >= 15 is 0 Å². The third kappa shape index (κ3) is 3.27. The SMILES string of the molecule is Cc1ccc2oc3c(c(=O)c2c1)[C@H](c1ccc(O)cc1)N(c1nnc(CC(C)C)s1)C3=O. The van der Waals surface area contributed by atoms with Gasteiger partial charge in [-0.15, -0.1) is 10.2 Å². The number of fused-ring (bicyclic) bond motifs is 2. The third-order valence-corrected chi connectivity index (χ3v) is 6.42. The minimum Gasteiger partial charge on any atom is -0.508 e. The zero-order valence-electron chi connectivity index (χ0n) is 17.8. The lowest BCUT2D eigenvalue weighted by Gasteiger charge is -2.22. The first kappa shape index (κ1) is 20.4. The molecule has 0 saturated heterocycles. The number of benzene rings is 2. The van der Waals surface area contributed by atoms with Gasteiger partial charge in [-0.3, -0.25) is 14.5 Å². The molecule has 5 rings (SSSR count). The summed E-state index contributed by atoms with van der Waals surface area (Å²) in [4.78, 5) is 28.6. The van der Waals surface area contributed by atoms with Gasteiger partial charge in [0.15, 0.2) is 5.43 Å². The maximum atomic E-state index is 13.6. The molecule has 4 aromatic rings. The minimum absolute atomic E-state index is 0.0186. The van der Waals surface area contributed by atoms with E-state index in [9.17, 15) is 14.7 Å². The lowest BCUT2D eigenvalue weighted by molar-refractivity contribution is 0.0970. The first-order valence-corrected chi connectivity index (χ1v) is 11.2. The van der Waals surface area contributed by atoms with Crippen LogP contribution in [0.15, 0.2) is 51.7 Å². The monoisotopic (exact) mass is 447 g/mol. The maximum absolute atomic E-state index is 13.6. The Labute approximate surface area is 188 Å². The number of aryl methyl sites for hydroxylation is 1. The molecular formula is C24H21N3O4S. The topological polar surface area (TPSA) is 96.5 Å². The molecule has 7 nitrogen and oxygen atoms in total. The summed E-state index contributed by atoms with van der Waals surface area (Å²) in [7, 11) is 0. The molecule has 32 heavy (non-hydrogen) atoms. The fourth-order valence-electron chi connectivity index (χ4n) is 4.03. The number of aromatic hydroxyl groups is 1. The number of aromatic nitrogens is 2. The highest BCUT2D eigenvalue weighted by Gasteiger charge is 2.45.